The topological polar surface area (TPSA) is 105 Å². The second kappa shape index (κ2) is 9.73. The van der Waals surface area contributed by atoms with Gasteiger partial charge in [0, 0.05) is 6.07 Å². The van der Waals surface area contributed by atoms with Crippen LogP contribution in [0.1, 0.15) is 25.3 Å². The lowest BCUT2D eigenvalue weighted by molar-refractivity contribution is -0.383. The lowest BCUT2D eigenvalue weighted by atomic mass is 10.1. The van der Waals surface area contributed by atoms with Crippen molar-refractivity contribution >= 4 is 23.4 Å². The van der Waals surface area contributed by atoms with Crippen LogP contribution in [0.5, 0.6) is 5.75 Å². The number of nitro groups is 1. The summed E-state index contributed by atoms with van der Waals surface area (Å²) < 4.78 is 5.57. The quantitative estimate of drug-likeness (QED) is 0.247. The van der Waals surface area contributed by atoms with Gasteiger partial charge in [-0.1, -0.05) is 37.6 Å². The van der Waals surface area contributed by atoms with Crippen LogP contribution in [0.4, 0.5) is 11.4 Å². The summed E-state index contributed by atoms with van der Waals surface area (Å²) in [7, 11) is 0. The van der Waals surface area contributed by atoms with Crippen molar-refractivity contribution in [2.75, 3.05) is 11.9 Å². The van der Waals surface area contributed by atoms with Crippen molar-refractivity contribution < 1.29 is 14.5 Å². The zero-order valence-corrected chi connectivity index (χ0v) is 14.8. The summed E-state index contributed by atoms with van der Waals surface area (Å²) in [5.41, 5.74) is 0.282. The van der Waals surface area contributed by atoms with E-state index in [0.29, 0.717) is 17.9 Å². The standard InChI is InChI=1S/C20H19N3O4/c1-2-3-12-27-17-10-8-15(9-11-17)13-16(14-21)20(24)22-18-6-4-5-7-19(18)23(25)26/h4-11,13H,2-3,12H2,1H3,(H,22,24)/b16-13+. The molecule has 0 aliphatic carbocycles. The summed E-state index contributed by atoms with van der Waals surface area (Å²) >= 11 is 0. The number of unbranched alkanes of at least 4 members (excludes halogenated alkanes) is 1. The molecular weight excluding hydrogens is 346 g/mol. The zero-order valence-electron chi connectivity index (χ0n) is 14.8. The van der Waals surface area contributed by atoms with Crippen molar-refractivity contribution in [1.29, 1.82) is 5.26 Å². The number of para-hydroxylation sites is 2. The normalized spacial score (nSPS) is 10.7. The third-order valence-electron chi connectivity index (χ3n) is 3.67. The van der Waals surface area contributed by atoms with Gasteiger partial charge in [0.25, 0.3) is 11.6 Å². The van der Waals surface area contributed by atoms with Crippen LogP contribution in [0.15, 0.2) is 54.1 Å². The molecule has 0 unspecified atom stereocenters. The van der Waals surface area contributed by atoms with Gasteiger partial charge < -0.3 is 10.1 Å². The van der Waals surface area contributed by atoms with E-state index in [2.05, 4.69) is 12.2 Å². The van der Waals surface area contributed by atoms with Crippen molar-refractivity contribution in [1.82, 2.24) is 0 Å². The minimum atomic E-state index is -0.713. The number of nitrogens with one attached hydrogen (secondary N) is 1. The van der Waals surface area contributed by atoms with Gasteiger partial charge in [0.1, 0.15) is 23.1 Å². The van der Waals surface area contributed by atoms with Gasteiger partial charge in [-0.3, -0.25) is 14.9 Å². The SMILES string of the molecule is CCCCOc1ccc(/C=C(\C#N)C(=O)Nc2ccccc2[N+](=O)[O-])cc1. The first-order valence-corrected chi connectivity index (χ1v) is 8.44. The molecular formula is C20H19N3O4. The summed E-state index contributed by atoms with van der Waals surface area (Å²) in [6.45, 7) is 2.71. The number of amides is 1. The number of nitrogens with zero attached hydrogens (tertiary/aromatic N) is 2. The number of rotatable bonds is 8. The van der Waals surface area contributed by atoms with Crippen molar-refractivity contribution in [3.05, 3.63) is 69.8 Å². The Balaban J connectivity index is 2.13. The van der Waals surface area contributed by atoms with Crippen LogP contribution in [0, 0.1) is 21.4 Å². The number of benzene rings is 2. The van der Waals surface area contributed by atoms with Crippen LogP contribution in [0.2, 0.25) is 0 Å². The van der Waals surface area contributed by atoms with Crippen molar-refractivity contribution in [3.63, 3.8) is 0 Å². The third kappa shape index (κ3) is 5.68. The molecule has 0 saturated heterocycles. The maximum absolute atomic E-state index is 12.3. The number of nitriles is 1. The van der Waals surface area contributed by atoms with E-state index in [-0.39, 0.29) is 16.9 Å². The zero-order chi connectivity index (χ0) is 19.6. The Bertz CT molecular complexity index is 883. The summed E-state index contributed by atoms with van der Waals surface area (Å²) in [5, 5.41) is 22.7. The average Bonchev–Trinajstić information content (AvgIpc) is 2.67. The van der Waals surface area contributed by atoms with Gasteiger partial charge in [-0.15, -0.1) is 0 Å². The van der Waals surface area contributed by atoms with E-state index < -0.39 is 10.8 Å². The highest BCUT2D eigenvalue weighted by atomic mass is 16.6. The molecule has 138 valence electrons. The molecule has 0 fully saturated rings. The van der Waals surface area contributed by atoms with E-state index in [1.54, 1.807) is 30.3 Å². The fourth-order valence-electron chi connectivity index (χ4n) is 2.24. The Morgan fingerprint density at radius 1 is 1.26 bits per heavy atom. The van der Waals surface area contributed by atoms with E-state index in [4.69, 9.17) is 4.74 Å². The molecule has 27 heavy (non-hydrogen) atoms. The fraction of sp³-hybridized carbons (Fsp3) is 0.200. The van der Waals surface area contributed by atoms with E-state index in [9.17, 15) is 20.2 Å². The number of carbonyl (C=O) groups is 1. The monoisotopic (exact) mass is 365 g/mol. The molecule has 7 heteroatoms. The van der Waals surface area contributed by atoms with Crippen LogP contribution in [-0.4, -0.2) is 17.4 Å². The molecule has 2 aromatic rings. The Labute approximate surface area is 157 Å². The van der Waals surface area contributed by atoms with Gasteiger partial charge in [-0.2, -0.15) is 5.26 Å². The number of ether oxygens (including phenoxy) is 1. The highest BCUT2D eigenvalue weighted by molar-refractivity contribution is 6.10. The average molecular weight is 365 g/mol. The Morgan fingerprint density at radius 3 is 2.59 bits per heavy atom. The Morgan fingerprint density at radius 2 is 1.96 bits per heavy atom. The van der Waals surface area contributed by atoms with Gasteiger partial charge in [-0.25, -0.2) is 0 Å². The molecule has 0 heterocycles. The number of nitro benzene ring substituents is 1. The first kappa shape index (κ1) is 19.7. The minimum Gasteiger partial charge on any atom is -0.494 e. The summed E-state index contributed by atoms with van der Waals surface area (Å²) in [6.07, 6.45) is 3.42. The number of hydrogen-bond acceptors (Lipinski definition) is 5. The molecule has 0 aliphatic heterocycles. The van der Waals surface area contributed by atoms with Gasteiger partial charge in [-0.05, 0) is 36.3 Å². The molecule has 0 atom stereocenters. The lowest BCUT2D eigenvalue weighted by Gasteiger charge is -2.06. The third-order valence-corrected chi connectivity index (χ3v) is 3.67. The van der Waals surface area contributed by atoms with Crippen LogP contribution < -0.4 is 10.1 Å². The molecule has 1 N–H and O–H groups in total. The molecule has 0 aromatic heterocycles. The summed E-state index contributed by atoms with van der Waals surface area (Å²) in [6, 6.07) is 14.6. The van der Waals surface area contributed by atoms with Crippen LogP contribution >= 0.6 is 0 Å². The molecule has 7 nitrogen and oxygen atoms in total. The van der Waals surface area contributed by atoms with Crippen LogP contribution in [0.25, 0.3) is 6.08 Å². The van der Waals surface area contributed by atoms with Crippen LogP contribution in [-0.2, 0) is 4.79 Å². The van der Waals surface area contributed by atoms with E-state index in [1.807, 2.05) is 6.07 Å². The van der Waals surface area contributed by atoms with Crippen molar-refractivity contribution in [3.8, 4) is 11.8 Å². The Hall–Kier alpha value is -3.66. The predicted molar refractivity (Wildman–Crippen MR) is 102 cm³/mol. The minimum absolute atomic E-state index is 0.0355. The molecule has 0 radical (unpaired) electrons. The van der Waals surface area contributed by atoms with E-state index in [0.717, 1.165) is 12.8 Å². The van der Waals surface area contributed by atoms with E-state index >= 15 is 0 Å². The largest absolute Gasteiger partial charge is 0.494 e. The first-order valence-electron chi connectivity index (χ1n) is 8.44. The van der Waals surface area contributed by atoms with Crippen LogP contribution in [0.3, 0.4) is 0 Å². The summed E-state index contributed by atoms with van der Waals surface area (Å²) in [5.74, 6) is -0.00135. The van der Waals surface area contributed by atoms with Crippen molar-refractivity contribution in [2.24, 2.45) is 0 Å². The van der Waals surface area contributed by atoms with Crippen molar-refractivity contribution in [2.45, 2.75) is 19.8 Å². The molecule has 0 spiro atoms. The Kier molecular flexibility index (Phi) is 7.08. The first-order chi connectivity index (χ1) is 13.0. The number of hydrogen-bond donors (Lipinski definition) is 1. The lowest BCUT2D eigenvalue weighted by Crippen LogP contribution is -2.14. The van der Waals surface area contributed by atoms with Gasteiger partial charge in [0.05, 0.1) is 11.5 Å². The molecule has 0 bridgehead atoms. The highest BCUT2D eigenvalue weighted by Crippen LogP contribution is 2.24. The smallest absolute Gasteiger partial charge is 0.292 e. The summed E-state index contributed by atoms with van der Waals surface area (Å²) in [4.78, 5) is 22.7. The van der Waals surface area contributed by atoms with Gasteiger partial charge in [0.2, 0.25) is 0 Å². The predicted octanol–water partition coefficient (Wildman–Crippen LogP) is 4.32. The van der Waals surface area contributed by atoms with Gasteiger partial charge in [0.15, 0.2) is 0 Å². The second-order valence-corrected chi connectivity index (χ2v) is 5.67. The molecule has 1 amide bonds. The molecule has 0 aliphatic rings. The highest BCUT2D eigenvalue weighted by Gasteiger charge is 2.17. The van der Waals surface area contributed by atoms with Gasteiger partial charge >= 0.3 is 0 Å². The molecule has 2 rings (SSSR count). The maximum Gasteiger partial charge on any atom is 0.292 e. The molecule has 0 saturated carbocycles. The maximum atomic E-state index is 12.3. The number of carbonyl (C=O) groups excluding carboxylic acids is 1. The molecule has 2 aromatic carbocycles. The second-order valence-electron chi connectivity index (χ2n) is 5.67. The number of anilines is 1. The van der Waals surface area contributed by atoms with E-state index in [1.165, 1.54) is 24.3 Å². The fourth-order valence-corrected chi connectivity index (χ4v) is 2.24.